The van der Waals surface area contributed by atoms with Crippen LogP contribution in [0.5, 0.6) is 5.75 Å². The average molecular weight is 436 g/mol. The van der Waals surface area contributed by atoms with Gasteiger partial charge in [0.1, 0.15) is 10.8 Å². The first-order valence-corrected chi connectivity index (χ1v) is 11.1. The second-order valence-electron chi connectivity index (χ2n) is 7.48. The van der Waals surface area contributed by atoms with E-state index in [1.54, 1.807) is 13.2 Å². The van der Waals surface area contributed by atoms with Crippen molar-refractivity contribution >= 4 is 39.8 Å². The van der Waals surface area contributed by atoms with Crippen molar-refractivity contribution in [3.63, 3.8) is 0 Å². The molecule has 0 saturated carbocycles. The zero-order valence-corrected chi connectivity index (χ0v) is 18.9. The van der Waals surface area contributed by atoms with Crippen LogP contribution in [0, 0.1) is 19.3 Å². The van der Waals surface area contributed by atoms with Gasteiger partial charge in [-0.2, -0.15) is 15.1 Å². The topological polar surface area (TPSA) is 83.0 Å². The number of hydrogen-bond acceptors (Lipinski definition) is 5. The third-order valence-corrected chi connectivity index (χ3v) is 6.31. The number of aromatic nitrogens is 1. The zero-order valence-electron chi connectivity index (χ0n) is 18.1. The molecule has 0 aliphatic carbocycles. The van der Waals surface area contributed by atoms with E-state index in [2.05, 4.69) is 21.6 Å². The summed E-state index contributed by atoms with van der Waals surface area (Å²) < 4.78 is 7.36. The third kappa shape index (κ3) is 3.95. The van der Waals surface area contributed by atoms with Gasteiger partial charge in [0.25, 0.3) is 5.91 Å². The Morgan fingerprint density at radius 1 is 1.23 bits per heavy atom. The molecule has 4 rings (SSSR count). The molecule has 0 saturated heterocycles. The normalized spacial score (nSPS) is 17.2. The molecule has 2 aliphatic rings. The molecule has 0 spiro atoms. The van der Waals surface area contributed by atoms with Crippen LogP contribution in [0.15, 0.2) is 46.0 Å². The molecule has 0 bridgehead atoms. The van der Waals surface area contributed by atoms with Crippen LogP contribution in [0.1, 0.15) is 43.1 Å². The van der Waals surface area contributed by atoms with Crippen molar-refractivity contribution in [2.45, 2.75) is 40.0 Å². The predicted octanol–water partition coefficient (Wildman–Crippen LogP) is 4.91. The maximum Gasteiger partial charge on any atom is 0.283 e. The second-order valence-corrected chi connectivity index (χ2v) is 8.52. The minimum absolute atomic E-state index is 0.0725. The largest absolute Gasteiger partial charge is 0.497 e. The van der Waals surface area contributed by atoms with Crippen LogP contribution in [-0.2, 0) is 4.79 Å². The van der Waals surface area contributed by atoms with Crippen LogP contribution >= 0.6 is 11.8 Å². The average Bonchev–Trinajstić information content (AvgIpc) is 3.29. The molecule has 31 heavy (non-hydrogen) atoms. The Morgan fingerprint density at radius 2 is 1.97 bits per heavy atom. The fourth-order valence-corrected chi connectivity index (χ4v) is 4.61. The summed E-state index contributed by atoms with van der Waals surface area (Å²) in [6.07, 6.45) is 4.67. The number of aliphatic imine (C=N–C) groups is 1. The molecule has 0 fully saturated rings. The number of carbonyl (C=O) groups excluding carboxylic acids is 1. The summed E-state index contributed by atoms with van der Waals surface area (Å²) in [5, 5.41) is 15.9. The van der Waals surface area contributed by atoms with Gasteiger partial charge in [0, 0.05) is 17.1 Å². The summed E-state index contributed by atoms with van der Waals surface area (Å²) in [6, 6.07) is 9.84. The molecule has 8 heteroatoms. The van der Waals surface area contributed by atoms with E-state index in [-0.39, 0.29) is 11.4 Å². The molecule has 1 N–H and O–H groups in total. The standard InChI is InChI=1S/C23H25N5O2S/c1-5-6-7-20-26-28-21(24)19(22(29)25-23(28)31-20)13-16-12-14(2)27(15(16)3)17-8-10-18(30-4)11-9-17/h8-13,24H,5-7H2,1-4H3. The van der Waals surface area contributed by atoms with Crippen molar-refractivity contribution in [3.8, 4) is 11.4 Å². The number of amides is 1. The SMILES string of the molecule is CCCCC1=NN2C(=N)C(=Cc3cc(C)n(-c4ccc(OC)cc4)c3C)C(=O)N=C2S1. The van der Waals surface area contributed by atoms with Crippen molar-refractivity contribution in [3.05, 3.63) is 52.9 Å². The smallest absolute Gasteiger partial charge is 0.283 e. The predicted molar refractivity (Wildman–Crippen MR) is 126 cm³/mol. The lowest BCUT2D eigenvalue weighted by atomic mass is 10.1. The second kappa shape index (κ2) is 8.55. The molecule has 1 amide bonds. The number of ether oxygens (including phenoxy) is 1. The highest BCUT2D eigenvalue weighted by Gasteiger charge is 2.35. The highest BCUT2D eigenvalue weighted by molar-refractivity contribution is 8.26. The summed E-state index contributed by atoms with van der Waals surface area (Å²) in [5.41, 5.74) is 4.15. The van der Waals surface area contributed by atoms with Crippen molar-refractivity contribution in [1.29, 1.82) is 5.41 Å². The molecule has 2 aliphatic heterocycles. The number of hydrazone groups is 1. The van der Waals surface area contributed by atoms with Crippen LogP contribution in [0.2, 0.25) is 0 Å². The molecular formula is C23H25N5O2S. The van der Waals surface area contributed by atoms with E-state index in [9.17, 15) is 4.79 Å². The summed E-state index contributed by atoms with van der Waals surface area (Å²) in [6.45, 7) is 6.15. The van der Waals surface area contributed by atoms with Crippen LogP contribution < -0.4 is 4.74 Å². The van der Waals surface area contributed by atoms with E-state index in [0.29, 0.717) is 5.17 Å². The van der Waals surface area contributed by atoms with Crippen molar-refractivity contribution in [2.75, 3.05) is 7.11 Å². The molecule has 1 aromatic carbocycles. The summed E-state index contributed by atoms with van der Waals surface area (Å²) in [7, 11) is 1.64. The number of fused-ring (bicyclic) bond motifs is 1. The van der Waals surface area contributed by atoms with Crippen molar-refractivity contribution in [1.82, 2.24) is 9.58 Å². The van der Waals surface area contributed by atoms with Crippen LogP contribution in [0.3, 0.4) is 0 Å². The Balaban J connectivity index is 1.67. The van der Waals surface area contributed by atoms with E-state index < -0.39 is 5.91 Å². The number of hydrogen-bond donors (Lipinski definition) is 1. The Morgan fingerprint density at radius 3 is 2.65 bits per heavy atom. The number of amidine groups is 2. The number of methoxy groups -OCH3 is 1. The molecule has 7 nitrogen and oxygen atoms in total. The lowest BCUT2D eigenvalue weighted by Gasteiger charge is -2.20. The Kier molecular flexibility index (Phi) is 5.82. The number of thioether (sulfide) groups is 1. The van der Waals surface area contributed by atoms with Gasteiger partial charge >= 0.3 is 0 Å². The van der Waals surface area contributed by atoms with Crippen LogP contribution in [0.4, 0.5) is 0 Å². The maximum absolute atomic E-state index is 12.7. The number of unbranched alkanes of at least 4 members (excludes halogenated alkanes) is 1. The van der Waals surface area contributed by atoms with Gasteiger partial charge < -0.3 is 9.30 Å². The number of aryl methyl sites for hydroxylation is 1. The van der Waals surface area contributed by atoms with Gasteiger partial charge in [-0.05, 0) is 80.4 Å². The van der Waals surface area contributed by atoms with Gasteiger partial charge in [-0.25, -0.2) is 0 Å². The highest BCUT2D eigenvalue weighted by Crippen LogP contribution is 2.31. The van der Waals surface area contributed by atoms with Gasteiger partial charge in [0.15, 0.2) is 5.84 Å². The minimum Gasteiger partial charge on any atom is -0.497 e. The van der Waals surface area contributed by atoms with Crippen molar-refractivity contribution < 1.29 is 9.53 Å². The molecular weight excluding hydrogens is 410 g/mol. The number of carbonyl (C=O) groups is 1. The van der Waals surface area contributed by atoms with Crippen LogP contribution in [0.25, 0.3) is 11.8 Å². The summed E-state index contributed by atoms with van der Waals surface area (Å²) in [5.74, 6) is 0.471. The van der Waals surface area contributed by atoms with Gasteiger partial charge in [0.05, 0.1) is 12.7 Å². The Bertz CT molecular complexity index is 1140. The number of rotatable bonds is 6. The quantitative estimate of drug-likeness (QED) is 0.654. The van der Waals surface area contributed by atoms with E-state index in [1.807, 2.05) is 44.2 Å². The molecule has 1 aromatic heterocycles. The number of nitrogens with one attached hydrogen (secondary N) is 1. The molecule has 0 unspecified atom stereocenters. The first-order valence-electron chi connectivity index (χ1n) is 10.3. The molecule has 160 valence electrons. The van der Waals surface area contributed by atoms with E-state index in [1.165, 1.54) is 16.8 Å². The fraction of sp³-hybridized carbons (Fsp3) is 0.304. The van der Waals surface area contributed by atoms with Gasteiger partial charge in [-0.1, -0.05) is 13.3 Å². The Hall–Kier alpha value is -3.13. The lowest BCUT2D eigenvalue weighted by Crippen LogP contribution is -2.35. The van der Waals surface area contributed by atoms with E-state index in [4.69, 9.17) is 10.1 Å². The highest BCUT2D eigenvalue weighted by atomic mass is 32.2. The monoisotopic (exact) mass is 435 g/mol. The third-order valence-electron chi connectivity index (χ3n) is 5.34. The number of benzene rings is 1. The van der Waals surface area contributed by atoms with Crippen molar-refractivity contribution in [2.24, 2.45) is 10.1 Å². The fourth-order valence-electron chi connectivity index (χ4n) is 3.68. The summed E-state index contributed by atoms with van der Waals surface area (Å²) >= 11 is 1.38. The minimum atomic E-state index is -0.398. The van der Waals surface area contributed by atoms with Gasteiger partial charge in [0.2, 0.25) is 5.17 Å². The maximum atomic E-state index is 12.7. The summed E-state index contributed by atoms with van der Waals surface area (Å²) in [4.78, 5) is 16.9. The van der Waals surface area contributed by atoms with Gasteiger partial charge in [-0.15, -0.1) is 0 Å². The first kappa shape index (κ1) is 21.1. The molecule has 2 aromatic rings. The molecule has 3 heterocycles. The van der Waals surface area contributed by atoms with Crippen LogP contribution in [-0.4, -0.2) is 38.6 Å². The Labute approximate surface area is 186 Å². The van der Waals surface area contributed by atoms with E-state index >= 15 is 0 Å². The first-order chi connectivity index (χ1) is 14.9. The molecule has 0 atom stereocenters. The number of nitrogens with zero attached hydrogens (tertiary/aromatic N) is 4. The zero-order chi connectivity index (χ0) is 22.1. The van der Waals surface area contributed by atoms with E-state index in [0.717, 1.165) is 52.7 Å². The lowest BCUT2D eigenvalue weighted by molar-refractivity contribution is -0.114. The molecule has 0 radical (unpaired) electrons. The van der Waals surface area contributed by atoms with Gasteiger partial charge in [-0.3, -0.25) is 10.2 Å².